The van der Waals surface area contributed by atoms with Gasteiger partial charge < -0.3 is 15.1 Å². The van der Waals surface area contributed by atoms with Crippen LogP contribution in [-0.2, 0) is 31.4 Å². The van der Waals surface area contributed by atoms with E-state index in [-0.39, 0.29) is 12.5 Å². The van der Waals surface area contributed by atoms with Gasteiger partial charge in [-0.3, -0.25) is 14.5 Å². The highest BCUT2D eigenvalue weighted by Crippen LogP contribution is 2.24. The van der Waals surface area contributed by atoms with Crippen molar-refractivity contribution in [3.63, 3.8) is 0 Å². The number of guanidine groups is 1. The molecule has 0 saturated heterocycles. The van der Waals surface area contributed by atoms with E-state index in [1.807, 2.05) is 28.6 Å². The summed E-state index contributed by atoms with van der Waals surface area (Å²) >= 11 is 1.78. The molecular formula is C20H30N6OS. The molecule has 0 aliphatic carbocycles. The highest BCUT2D eigenvalue weighted by molar-refractivity contribution is 7.10. The zero-order valence-electron chi connectivity index (χ0n) is 17.4. The molecule has 3 rings (SSSR count). The van der Waals surface area contributed by atoms with E-state index >= 15 is 0 Å². The highest BCUT2D eigenvalue weighted by atomic mass is 32.1. The van der Waals surface area contributed by atoms with Crippen molar-refractivity contribution in [2.24, 2.45) is 12.0 Å². The lowest BCUT2D eigenvalue weighted by molar-refractivity contribution is -0.130. The summed E-state index contributed by atoms with van der Waals surface area (Å²) in [5.41, 5.74) is 3.56. The van der Waals surface area contributed by atoms with Crippen molar-refractivity contribution in [2.75, 3.05) is 27.2 Å². The minimum absolute atomic E-state index is 0.107. The number of nitrogens with one attached hydrogen (secondary N) is 1. The normalized spacial score (nSPS) is 14.4. The molecule has 1 aliphatic heterocycles. The SMILES string of the molecule is CN=C(NCC(=O)N1CCc2sccc2C1)N(C)Cc1cn(C)nc1C(C)C. The standard InChI is InChI=1S/C20H30N6OS/c1-14(2)19-16(12-25(5)23-19)11-24(4)20(21-3)22-10-18(27)26-8-6-17-15(13-26)7-9-28-17/h7,9,12,14H,6,8,10-11,13H2,1-5H3,(H,21,22). The van der Waals surface area contributed by atoms with E-state index in [2.05, 4.69) is 46.9 Å². The van der Waals surface area contributed by atoms with Crippen LogP contribution >= 0.6 is 11.3 Å². The minimum Gasteiger partial charge on any atom is -0.347 e. The third-order valence-corrected chi connectivity index (χ3v) is 6.05. The summed E-state index contributed by atoms with van der Waals surface area (Å²) < 4.78 is 1.85. The third kappa shape index (κ3) is 4.55. The molecule has 1 N–H and O–H groups in total. The zero-order chi connectivity index (χ0) is 20.3. The fraction of sp³-hybridized carbons (Fsp3) is 0.550. The minimum atomic E-state index is 0.107. The summed E-state index contributed by atoms with van der Waals surface area (Å²) in [6.45, 7) is 6.74. The van der Waals surface area contributed by atoms with Crippen LogP contribution in [0.2, 0.25) is 0 Å². The molecular weight excluding hydrogens is 372 g/mol. The lowest BCUT2D eigenvalue weighted by Crippen LogP contribution is -2.46. The molecule has 28 heavy (non-hydrogen) atoms. The van der Waals surface area contributed by atoms with E-state index in [1.54, 1.807) is 18.4 Å². The molecule has 0 radical (unpaired) electrons. The van der Waals surface area contributed by atoms with Gasteiger partial charge in [-0.05, 0) is 29.3 Å². The molecule has 2 aromatic heterocycles. The number of nitrogens with zero attached hydrogens (tertiary/aromatic N) is 5. The van der Waals surface area contributed by atoms with Gasteiger partial charge in [-0.1, -0.05) is 13.8 Å². The first-order valence-electron chi connectivity index (χ1n) is 9.66. The van der Waals surface area contributed by atoms with Crippen molar-refractivity contribution in [3.05, 3.63) is 39.3 Å². The third-order valence-electron chi connectivity index (χ3n) is 5.02. The molecule has 0 spiro atoms. The number of hydrogen-bond acceptors (Lipinski definition) is 4. The number of rotatable bonds is 5. The molecule has 0 unspecified atom stereocenters. The molecule has 0 fully saturated rings. The second-order valence-electron chi connectivity index (χ2n) is 7.56. The summed E-state index contributed by atoms with van der Waals surface area (Å²) in [5.74, 6) is 1.18. The molecule has 2 aromatic rings. The van der Waals surface area contributed by atoms with Crippen LogP contribution < -0.4 is 5.32 Å². The largest absolute Gasteiger partial charge is 0.347 e. The topological polar surface area (TPSA) is 65.8 Å². The Morgan fingerprint density at radius 3 is 2.96 bits per heavy atom. The highest BCUT2D eigenvalue weighted by Gasteiger charge is 2.22. The van der Waals surface area contributed by atoms with E-state index in [0.717, 1.165) is 18.7 Å². The number of carbonyl (C=O) groups excluding carboxylic acids is 1. The number of aryl methyl sites for hydroxylation is 1. The number of amides is 1. The Kier molecular flexibility index (Phi) is 6.39. The molecule has 0 atom stereocenters. The molecule has 152 valence electrons. The van der Waals surface area contributed by atoms with Crippen LogP contribution in [-0.4, -0.2) is 58.6 Å². The fourth-order valence-corrected chi connectivity index (χ4v) is 4.50. The van der Waals surface area contributed by atoms with Crippen molar-refractivity contribution in [2.45, 2.75) is 39.3 Å². The Hall–Kier alpha value is -2.35. The molecule has 0 aromatic carbocycles. The average Bonchev–Trinajstić information content (AvgIpc) is 3.27. The van der Waals surface area contributed by atoms with Gasteiger partial charge in [0.1, 0.15) is 0 Å². The fourth-order valence-electron chi connectivity index (χ4n) is 3.61. The second kappa shape index (κ2) is 8.77. The Bertz CT molecular complexity index is 853. The Labute approximate surface area is 171 Å². The van der Waals surface area contributed by atoms with Gasteiger partial charge in [-0.25, -0.2) is 0 Å². The first-order chi connectivity index (χ1) is 13.4. The van der Waals surface area contributed by atoms with Crippen LogP contribution in [0.3, 0.4) is 0 Å². The van der Waals surface area contributed by atoms with Crippen molar-refractivity contribution < 1.29 is 4.79 Å². The van der Waals surface area contributed by atoms with Crippen LogP contribution in [0.4, 0.5) is 0 Å². The molecule has 8 heteroatoms. The van der Waals surface area contributed by atoms with E-state index in [1.165, 1.54) is 16.0 Å². The monoisotopic (exact) mass is 402 g/mol. The number of aliphatic imine (C=N–C) groups is 1. The molecule has 3 heterocycles. The molecule has 0 bridgehead atoms. The van der Waals surface area contributed by atoms with Gasteiger partial charge in [0.2, 0.25) is 5.91 Å². The van der Waals surface area contributed by atoms with E-state index in [4.69, 9.17) is 0 Å². The van der Waals surface area contributed by atoms with Gasteiger partial charge in [-0.15, -0.1) is 11.3 Å². The second-order valence-corrected chi connectivity index (χ2v) is 8.56. The Balaban J connectivity index is 1.56. The number of thiophene rings is 1. The number of carbonyl (C=O) groups is 1. The first kappa shape index (κ1) is 20.4. The van der Waals surface area contributed by atoms with Gasteiger partial charge in [0, 0.05) is 57.4 Å². The van der Waals surface area contributed by atoms with Crippen LogP contribution in [0.15, 0.2) is 22.6 Å². The summed E-state index contributed by atoms with van der Waals surface area (Å²) in [7, 11) is 5.67. The van der Waals surface area contributed by atoms with Gasteiger partial charge in [0.05, 0.1) is 12.2 Å². The summed E-state index contributed by atoms with van der Waals surface area (Å²) in [6.07, 6.45) is 3.00. The van der Waals surface area contributed by atoms with E-state index in [0.29, 0.717) is 25.0 Å². The van der Waals surface area contributed by atoms with Crippen molar-refractivity contribution in [3.8, 4) is 0 Å². The van der Waals surface area contributed by atoms with Crippen molar-refractivity contribution in [1.82, 2.24) is 24.9 Å². The lowest BCUT2D eigenvalue weighted by Gasteiger charge is -2.28. The zero-order valence-corrected chi connectivity index (χ0v) is 18.2. The number of aromatic nitrogens is 2. The number of fused-ring (bicyclic) bond motifs is 1. The molecule has 7 nitrogen and oxygen atoms in total. The smallest absolute Gasteiger partial charge is 0.242 e. The van der Waals surface area contributed by atoms with Crippen molar-refractivity contribution in [1.29, 1.82) is 0 Å². The van der Waals surface area contributed by atoms with Crippen molar-refractivity contribution >= 4 is 23.2 Å². The van der Waals surface area contributed by atoms with Gasteiger partial charge in [0.25, 0.3) is 0 Å². The van der Waals surface area contributed by atoms with Crippen LogP contribution in [0.1, 0.15) is 41.5 Å². The quantitative estimate of drug-likeness (QED) is 0.615. The van der Waals surface area contributed by atoms with Crippen LogP contribution in [0, 0.1) is 0 Å². The Morgan fingerprint density at radius 1 is 1.46 bits per heavy atom. The first-order valence-corrected chi connectivity index (χ1v) is 10.5. The van der Waals surface area contributed by atoms with E-state index < -0.39 is 0 Å². The summed E-state index contributed by atoms with van der Waals surface area (Å²) in [4.78, 5) is 22.4. The van der Waals surface area contributed by atoms with E-state index in [9.17, 15) is 4.79 Å². The van der Waals surface area contributed by atoms with Gasteiger partial charge in [-0.2, -0.15) is 5.10 Å². The van der Waals surface area contributed by atoms with Gasteiger partial charge in [0.15, 0.2) is 5.96 Å². The average molecular weight is 403 g/mol. The number of hydrogen-bond donors (Lipinski definition) is 1. The Morgan fingerprint density at radius 2 is 2.25 bits per heavy atom. The molecule has 0 saturated carbocycles. The van der Waals surface area contributed by atoms with Crippen LogP contribution in [0.25, 0.3) is 0 Å². The molecule has 1 aliphatic rings. The summed E-state index contributed by atoms with van der Waals surface area (Å²) in [6, 6.07) is 2.12. The maximum absolute atomic E-state index is 12.7. The van der Waals surface area contributed by atoms with Crippen LogP contribution in [0.5, 0.6) is 0 Å². The maximum atomic E-state index is 12.7. The maximum Gasteiger partial charge on any atom is 0.242 e. The predicted octanol–water partition coefficient (Wildman–Crippen LogP) is 2.20. The molecule has 1 amide bonds. The summed E-state index contributed by atoms with van der Waals surface area (Å²) in [5, 5.41) is 9.90. The predicted molar refractivity (Wildman–Crippen MR) is 114 cm³/mol. The lowest BCUT2D eigenvalue weighted by atomic mass is 10.1. The van der Waals surface area contributed by atoms with Gasteiger partial charge >= 0.3 is 0 Å².